The molecule has 1 aromatic heterocycles. The van der Waals surface area contributed by atoms with Crippen LogP contribution >= 0.6 is 0 Å². The SMILES string of the molecule is Cc1c(COCCCCOc2cccc3c2OC(C)(C)C3)nc2ccccc2c1OCc1ccccc1. The first kappa shape index (κ1) is 25.1. The fourth-order valence-electron chi connectivity index (χ4n) is 4.74. The number of para-hydroxylation sites is 2. The van der Waals surface area contributed by atoms with Gasteiger partial charge in [0.1, 0.15) is 18.0 Å². The lowest BCUT2D eigenvalue weighted by Gasteiger charge is -2.18. The van der Waals surface area contributed by atoms with Gasteiger partial charge in [0, 0.05) is 29.5 Å². The Bertz CT molecular complexity index is 1350. The van der Waals surface area contributed by atoms with E-state index in [0.29, 0.717) is 26.4 Å². The summed E-state index contributed by atoms with van der Waals surface area (Å²) in [5.74, 6) is 2.61. The van der Waals surface area contributed by atoms with Gasteiger partial charge in [0.2, 0.25) is 0 Å². The molecule has 0 spiro atoms. The van der Waals surface area contributed by atoms with Gasteiger partial charge in [0.15, 0.2) is 11.5 Å². The standard InChI is InChI=1S/C32H35NO4/c1-23-28(33-27-16-8-7-15-26(27)30(23)36-21-24-12-5-4-6-13-24)22-34-18-9-10-19-35-29-17-11-14-25-20-32(2,3)37-31(25)29/h4-8,11-17H,9-10,18-22H2,1-3H3. The van der Waals surface area contributed by atoms with Crippen molar-refractivity contribution in [2.24, 2.45) is 0 Å². The predicted molar refractivity (Wildman–Crippen MR) is 146 cm³/mol. The van der Waals surface area contributed by atoms with E-state index in [9.17, 15) is 0 Å². The molecule has 0 aliphatic carbocycles. The van der Waals surface area contributed by atoms with Crippen LogP contribution in [0.1, 0.15) is 49.1 Å². The molecule has 0 N–H and O–H groups in total. The minimum absolute atomic E-state index is 0.170. The second-order valence-electron chi connectivity index (χ2n) is 10.2. The Morgan fingerprint density at radius 3 is 2.49 bits per heavy atom. The van der Waals surface area contributed by atoms with Crippen molar-refractivity contribution in [2.45, 2.75) is 58.8 Å². The summed E-state index contributed by atoms with van der Waals surface area (Å²) >= 11 is 0. The Labute approximate surface area is 219 Å². The lowest BCUT2D eigenvalue weighted by atomic mass is 10.0. The molecule has 1 aliphatic rings. The van der Waals surface area contributed by atoms with Crippen LogP contribution < -0.4 is 14.2 Å². The Morgan fingerprint density at radius 2 is 1.62 bits per heavy atom. The third-order valence-corrected chi connectivity index (χ3v) is 6.64. The highest BCUT2D eigenvalue weighted by atomic mass is 16.5. The minimum Gasteiger partial charge on any atom is -0.490 e. The molecule has 0 amide bonds. The summed E-state index contributed by atoms with van der Waals surface area (Å²) in [5, 5.41) is 1.02. The molecule has 0 saturated carbocycles. The van der Waals surface area contributed by atoms with Gasteiger partial charge in [-0.3, -0.25) is 0 Å². The van der Waals surface area contributed by atoms with Crippen LogP contribution in [0.3, 0.4) is 0 Å². The van der Waals surface area contributed by atoms with E-state index >= 15 is 0 Å². The van der Waals surface area contributed by atoms with Gasteiger partial charge in [-0.25, -0.2) is 4.98 Å². The van der Waals surface area contributed by atoms with Crippen LogP contribution in [0.15, 0.2) is 72.8 Å². The molecule has 192 valence electrons. The highest BCUT2D eigenvalue weighted by Crippen LogP contribution is 2.41. The number of pyridine rings is 1. The molecule has 5 rings (SSSR count). The van der Waals surface area contributed by atoms with Crippen molar-refractivity contribution < 1.29 is 18.9 Å². The first-order valence-corrected chi connectivity index (χ1v) is 13.1. The maximum Gasteiger partial charge on any atom is 0.165 e. The minimum atomic E-state index is -0.170. The zero-order chi connectivity index (χ0) is 25.7. The Kier molecular flexibility index (Phi) is 7.61. The molecule has 4 aromatic rings. The maximum absolute atomic E-state index is 6.30. The van der Waals surface area contributed by atoms with Crippen LogP contribution in [0.4, 0.5) is 0 Å². The van der Waals surface area contributed by atoms with E-state index in [1.165, 1.54) is 5.56 Å². The van der Waals surface area contributed by atoms with Crippen molar-refractivity contribution >= 4 is 10.9 Å². The molecule has 5 nitrogen and oxygen atoms in total. The predicted octanol–water partition coefficient (Wildman–Crippen LogP) is 7.21. The summed E-state index contributed by atoms with van der Waals surface area (Å²) in [5.41, 5.74) is 5.05. The number of nitrogens with zero attached hydrogens (tertiary/aromatic N) is 1. The van der Waals surface area contributed by atoms with Crippen molar-refractivity contribution in [2.75, 3.05) is 13.2 Å². The lowest BCUT2D eigenvalue weighted by Crippen LogP contribution is -2.24. The van der Waals surface area contributed by atoms with Crippen molar-refractivity contribution in [3.05, 3.63) is 95.2 Å². The van der Waals surface area contributed by atoms with Gasteiger partial charge in [0.05, 0.1) is 24.4 Å². The largest absolute Gasteiger partial charge is 0.490 e. The van der Waals surface area contributed by atoms with Crippen LogP contribution in [0.2, 0.25) is 0 Å². The van der Waals surface area contributed by atoms with Crippen molar-refractivity contribution in [3.63, 3.8) is 0 Å². The molecule has 0 unspecified atom stereocenters. The summed E-state index contributed by atoms with van der Waals surface area (Å²) < 4.78 is 24.5. The van der Waals surface area contributed by atoms with E-state index in [1.54, 1.807) is 0 Å². The number of hydrogen-bond acceptors (Lipinski definition) is 5. The van der Waals surface area contributed by atoms with Crippen molar-refractivity contribution in [3.8, 4) is 17.2 Å². The molecule has 37 heavy (non-hydrogen) atoms. The molecular formula is C32H35NO4. The smallest absolute Gasteiger partial charge is 0.165 e. The molecule has 0 bridgehead atoms. The molecule has 3 aromatic carbocycles. The molecule has 1 aliphatic heterocycles. The first-order chi connectivity index (χ1) is 18.0. The molecular weight excluding hydrogens is 462 g/mol. The molecule has 0 saturated heterocycles. The van der Waals surface area contributed by atoms with E-state index in [0.717, 1.165) is 64.2 Å². The van der Waals surface area contributed by atoms with Crippen molar-refractivity contribution in [1.82, 2.24) is 4.98 Å². The zero-order valence-corrected chi connectivity index (χ0v) is 22.0. The third-order valence-electron chi connectivity index (χ3n) is 6.64. The van der Waals surface area contributed by atoms with Crippen LogP contribution in [0, 0.1) is 6.92 Å². The van der Waals surface area contributed by atoms with Gasteiger partial charge in [0.25, 0.3) is 0 Å². The number of aromatic nitrogens is 1. The Morgan fingerprint density at radius 1 is 0.838 bits per heavy atom. The summed E-state index contributed by atoms with van der Waals surface area (Å²) in [4.78, 5) is 4.87. The van der Waals surface area contributed by atoms with Gasteiger partial charge in [-0.2, -0.15) is 0 Å². The van der Waals surface area contributed by atoms with Crippen molar-refractivity contribution in [1.29, 1.82) is 0 Å². The summed E-state index contributed by atoms with van der Waals surface area (Å²) in [6.07, 6.45) is 2.72. The molecule has 0 atom stereocenters. The average Bonchev–Trinajstić information content (AvgIpc) is 3.23. The normalized spacial score (nSPS) is 13.8. The van der Waals surface area contributed by atoms with Crippen LogP contribution in [0.25, 0.3) is 10.9 Å². The number of unbranched alkanes of at least 4 members (excludes halogenated alkanes) is 1. The Hall–Kier alpha value is -3.57. The number of hydrogen-bond donors (Lipinski definition) is 0. The van der Waals surface area contributed by atoms with Gasteiger partial charge < -0.3 is 18.9 Å². The van der Waals surface area contributed by atoms with E-state index in [1.807, 2.05) is 48.5 Å². The van der Waals surface area contributed by atoms with E-state index < -0.39 is 0 Å². The number of benzene rings is 3. The van der Waals surface area contributed by atoms with Crippen LogP contribution in [-0.4, -0.2) is 23.8 Å². The fraction of sp³-hybridized carbons (Fsp3) is 0.344. The highest BCUT2D eigenvalue weighted by Gasteiger charge is 2.32. The fourth-order valence-corrected chi connectivity index (χ4v) is 4.74. The van der Waals surface area contributed by atoms with Crippen LogP contribution in [-0.2, 0) is 24.4 Å². The second kappa shape index (κ2) is 11.2. The van der Waals surface area contributed by atoms with Gasteiger partial charge in [-0.15, -0.1) is 0 Å². The summed E-state index contributed by atoms with van der Waals surface area (Å²) in [6, 6.07) is 24.5. The first-order valence-electron chi connectivity index (χ1n) is 13.1. The number of fused-ring (bicyclic) bond motifs is 2. The molecule has 0 fully saturated rings. The molecule has 2 heterocycles. The van der Waals surface area contributed by atoms with E-state index in [-0.39, 0.29) is 5.60 Å². The quantitative estimate of drug-likeness (QED) is 0.205. The summed E-state index contributed by atoms with van der Waals surface area (Å²) in [7, 11) is 0. The van der Waals surface area contributed by atoms with E-state index in [4.69, 9.17) is 23.9 Å². The average molecular weight is 498 g/mol. The zero-order valence-electron chi connectivity index (χ0n) is 22.0. The molecule has 5 heteroatoms. The number of ether oxygens (including phenoxy) is 4. The Balaban J connectivity index is 1.13. The van der Waals surface area contributed by atoms with Gasteiger partial charge >= 0.3 is 0 Å². The lowest BCUT2D eigenvalue weighted by molar-refractivity contribution is 0.109. The monoisotopic (exact) mass is 497 g/mol. The highest BCUT2D eigenvalue weighted by molar-refractivity contribution is 5.86. The number of rotatable bonds is 11. The summed E-state index contributed by atoms with van der Waals surface area (Å²) in [6.45, 7) is 8.53. The maximum atomic E-state index is 6.30. The van der Waals surface area contributed by atoms with Gasteiger partial charge in [-0.1, -0.05) is 54.6 Å². The van der Waals surface area contributed by atoms with Gasteiger partial charge in [-0.05, 0) is 57.4 Å². The van der Waals surface area contributed by atoms with Crippen LogP contribution in [0.5, 0.6) is 17.2 Å². The van der Waals surface area contributed by atoms with E-state index in [2.05, 4.69) is 45.0 Å². The third kappa shape index (κ3) is 6.05. The second-order valence-corrected chi connectivity index (χ2v) is 10.2. The topological polar surface area (TPSA) is 49.8 Å². The molecule has 0 radical (unpaired) electrons.